The van der Waals surface area contributed by atoms with Crippen molar-refractivity contribution in [2.75, 3.05) is 19.6 Å². The van der Waals surface area contributed by atoms with Crippen LogP contribution < -0.4 is 0 Å². The number of benzene rings is 1. The highest BCUT2D eigenvalue weighted by molar-refractivity contribution is 5.34. The van der Waals surface area contributed by atoms with E-state index in [-0.39, 0.29) is 5.41 Å². The molecule has 2 heteroatoms. The van der Waals surface area contributed by atoms with E-state index in [2.05, 4.69) is 36.9 Å². The molecule has 2 rings (SSSR count). The van der Waals surface area contributed by atoms with Gasteiger partial charge in [0.15, 0.2) is 0 Å². The Balaban J connectivity index is 2.31. The third kappa shape index (κ3) is 2.15. The Morgan fingerprint density at radius 2 is 2.06 bits per heavy atom. The highest BCUT2D eigenvalue weighted by Crippen LogP contribution is 2.40. The Hall–Kier alpha value is -1.33. The van der Waals surface area contributed by atoms with Crippen molar-refractivity contribution in [2.24, 2.45) is 5.92 Å². The number of nitrogens with zero attached hydrogens (tertiary/aromatic N) is 2. The number of hydrogen-bond donors (Lipinski definition) is 0. The number of hydrogen-bond acceptors (Lipinski definition) is 2. The molecule has 1 aromatic carbocycles. The summed E-state index contributed by atoms with van der Waals surface area (Å²) < 4.78 is 0. The van der Waals surface area contributed by atoms with Crippen LogP contribution in [0.2, 0.25) is 0 Å². The summed E-state index contributed by atoms with van der Waals surface area (Å²) in [6.07, 6.45) is 2.04. The van der Waals surface area contributed by atoms with Crippen LogP contribution in [0.25, 0.3) is 0 Å². The van der Waals surface area contributed by atoms with Crippen LogP contribution in [-0.2, 0) is 5.41 Å². The molecule has 2 nitrogen and oxygen atoms in total. The summed E-state index contributed by atoms with van der Waals surface area (Å²) in [7, 11) is 0. The molecule has 18 heavy (non-hydrogen) atoms. The van der Waals surface area contributed by atoms with Gasteiger partial charge in [-0.1, -0.05) is 44.2 Å². The lowest BCUT2D eigenvalue weighted by Gasteiger charge is -2.32. The van der Waals surface area contributed by atoms with Gasteiger partial charge >= 0.3 is 0 Å². The van der Waals surface area contributed by atoms with Gasteiger partial charge in [-0.25, -0.2) is 0 Å². The summed E-state index contributed by atoms with van der Waals surface area (Å²) in [6, 6.07) is 13.0. The smallest absolute Gasteiger partial charge is 0.0860 e. The topological polar surface area (TPSA) is 27.0 Å². The summed E-state index contributed by atoms with van der Waals surface area (Å²) in [4.78, 5) is 2.45. The van der Waals surface area contributed by atoms with Crippen LogP contribution in [0, 0.1) is 17.2 Å². The third-order valence-electron chi connectivity index (χ3n) is 4.46. The molecule has 1 saturated heterocycles. The van der Waals surface area contributed by atoms with Gasteiger partial charge in [-0.3, -0.25) is 0 Å². The van der Waals surface area contributed by atoms with E-state index in [1.807, 2.05) is 18.2 Å². The minimum absolute atomic E-state index is 0.300. The van der Waals surface area contributed by atoms with Crippen LogP contribution in [0.1, 0.15) is 32.3 Å². The highest BCUT2D eigenvalue weighted by Gasteiger charge is 2.42. The van der Waals surface area contributed by atoms with Gasteiger partial charge in [0, 0.05) is 6.54 Å². The van der Waals surface area contributed by atoms with Gasteiger partial charge in [-0.15, -0.1) is 0 Å². The van der Waals surface area contributed by atoms with E-state index in [1.165, 1.54) is 5.56 Å². The Bertz CT molecular complexity index is 420. The third-order valence-corrected chi connectivity index (χ3v) is 4.46. The molecule has 1 aromatic rings. The lowest BCUT2D eigenvalue weighted by atomic mass is 9.69. The average Bonchev–Trinajstić information content (AvgIpc) is 2.91. The van der Waals surface area contributed by atoms with Crippen molar-refractivity contribution < 1.29 is 0 Å². The fourth-order valence-corrected chi connectivity index (χ4v) is 3.22. The Labute approximate surface area is 110 Å². The van der Waals surface area contributed by atoms with Gasteiger partial charge in [0.1, 0.15) is 0 Å². The maximum atomic E-state index is 9.78. The number of nitriles is 1. The first-order chi connectivity index (χ1) is 8.76. The van der Waals surface area contributed by atoms with E-state index in [9.17, 15) is 5.26 Å². The Kier molecular flexibility index (Phi) is 4.04. The molecule has 0 radical (unpaired) electrons. The van der Waals surface area contributed by atoms with Gasteiger partial charge < -0.3 is 4.90 Å². The molecule has 0 amide bonds. The van der Waals surface area contributed by atoms with Crippen LogP contribution >= 0.6 is 0 Å². The molecule has 0 bridgehead atoms. The van der Waals surface area contributed by atoms with E-state index in [0.29, 0.717) is 5.92 Å². The summed E-state index contributed by atoms with van der Waals surface area (Å²) >= 11 is 0. The first kappa shape index (κ1) is 13.1. The second kappa shape index (κ2) is 5.54. The SMILES string of the molecule is CCN1CC[C@@H]([C@@](C#N)(CC)c2ccccc2)C1. The van der Waals surface area contributed by atoms with Crippen molar-refractivity contribution in [3.8, 4) is 6.07 Å². The van der Waals surface area contributed by atoms with Gasteiger partial charge in [-0.05, 0) is 37.4 Å². The second-order valence-electron chi connectivity index (χ2n) is 5.18. The summed E-state index contributed by atoms with van der Waals surface area (Å²) in [5.41, 5.74) is 0.892. The van der Waals surface area contributed by atoms with Crippen molar-refractivity contribution in [1.82, 2.24) is 4.90 Å². The number of rotatable bonds is 4. The molecular formula is C16H22N2. The normalized spacial score (nSPS) is 23.5. The van der Waals surface area contributed by atoms with Crippen LogP contribution in [-0.4, -0.2) is 24.5 Å². The first-order valence-electron chi connectivity index (χ1n) is 6.96. The Morgan fingerprint density at radius 1 is 1.33 bits per heavy atom. The molecule has 1 fully saturated rings. The average molecular weight is 242 g/mol. The molecule has 1 aliphatic heterocycles. The van der Waals surface area contributed by atoms with Crippen LogP contribution in [0.15, 0.2) is 30.3 Å². The van der Waals surface area contributed by atoms with E-state index in [0.717, 1.165) is 32.5 Å². The highest BCUT2D eigenvalue weighted by atomic mass is 15.1. The summed E-state index contributed by atoms with van der Waals surface area (Å²) in [5.74, 6) is 0.467. The van der Waals surface area contributed by atoms with Crippen molar-refractivity contribution >= 4 is 0 Å². The van der Waals surface area contributed by atoms with E-state index < -0.39 is 0 Å². The predicted molar refractivity (Wildman–Crippen MR) is 74.2 cm³/mol. The fraction of sp³-hybridized carbons (Fsp3) is 0.562. The molecule has 0 spiro atoms. The lowest BCUT2D eigenvalue weighted by molar-refractivity contribution is 0.294. The molecule has 0 unspecified atom stereocenters. The standard InChI is InChI=1S/C16H22N2/c1-3-16(13-17,14-8-6-5-7-9-14)15-10-11-18(4-2)12-15/h5-9,15H,3-4,10-12H2,1-2H3/t15-,16-/m1/s1. The molecule has 0 saturated carbocycles. The molecular weight excluding hydrogens is 220 g/mol. The van der Waals surface area contributed by atoms with Crippen LogP contribution in [0.5, 0.6) is 0 Å². The predicted octanol–water partition coefficient (Wildman–Crippen LogP) is 3.20. The van der Waals surface area contributed by atoms with Gasteiger partial charge in [0.05, 0.1) is 11.5 Å². The van der Waals surface area contributed by atoms with Crippen molar-refractivity contribution in [3.63, 3.8) is 0 Å². The molecule has 0 N–H and O–H groups in total. The fourth-order valence-electron chi connectivity index (χ4n) is 3.22. The number of likely N-dealkylation sites (tertiary alicyclic amines) is 1. The zero-order valence-electron chi connectivity index (χ0n) is 11.4. The quantitative estimate of drug-likeness (QED) is 0.810. The minimum Gasteiger partial charge on any atom is -0.303 e. The molecule has 2 atom stereocenters. The van der Waals surface area contributed by atoms with Crippen molar-refractivity contribution in [2.45, 2.75) is 32.1 Å². The largest absolute Gasteiger partial charge is 0.303 e. The van der Waals surface area contributed by atoms with Crippen molar-refractivity contribution in [1.29, 1.82) is 5.26 Å². The lowest BCUT2D eigenvalue weighted by Crippen LogP contribution is -2.35. The van der Waals surface area contributed by atoms with Gasteiger partial charge in [0.25, 0.3) is 0 Å². The molecule has 1 aliphatic rings. The van der Waals surface area contributed by atoms with E-state index in [4.69, 9.17) is 0 Å². The van der Waals surface area contributed by atoms with Crippen LogP contribution in [0.4, 0.5) is 0 Å². The summed E-state index contributed by atoms with van der Waals surface area (Å²) in [6.45, 7) is 7.64. The first-order valence-corrected chi connectivity index (χ1v) is 6.96. The monoisotopic (exact) mass is 242 g/mol. The maximum Gasteiger partial charge on any atom is 0.0860 e. The molecule has 0 aliphatic carbocycles. The van der Waals surface area contributed by atoms with Gasteiger partial charge in [0.2, 0.25) is 0 Å². The zero-order chi connectivity index (χ0) is 13.0. The maximum absolute atomic E-state index is 9.78. The molecule has 96 valence electrons. The minimum atomic E-state index is -0.300. The summed E-state index contributed by atoms with van der Waals surface area (Å²) in [5, 5.41) is 9.78. The second-order valence-corrected chi connectivity index (χ2v) is 5.18. The van der Waals surface area contributed by atoms with Crippen LogP contribution in [0.3, 0.4) is 0 Å². The Morgan fingerprint density at radius 3 is 2.56 bits per heavy atom. The zero-order valence-corrected chi connectivity index (χ0v) is 11.4. The van der Waals surface area contributed by atoms with E-state index in [1.54, 1.807) is 0 Å². The molecule has 0 aromatic heterocycles. The van der Waals surface area contributed by atoms with E-state index >= 15 is 0 Å². The van der Waals surface area contributed by atoms with Crippen molar-refractivity contribution in [3.05, 3.63) is 35.9 Å². The van der Waals surface area contributed by atoms with Gasteiger partial charge in [-0.2, -0.15) is 5.26 Å². The molecule has 1 heterocycles.